The molecule has 0 aromatic heterocycles. The van der Waals surface area contributed by atoms with Crippen molar-refractivity contribution in [2.75, 3.05) is 0 Å². The fourth-order valence-corrected chi connectivity index (χ4v) is 6.27. The van der Waals surface area contributed by atoms with Crippen LogP contribution in [0.15, 0.2) is 0 Å². The predicted octanol–water partition coefficient (Wildman–Crippen LogP) is 7.60. The monoisotopic (exact) mass is 372 g/mol. The largest absolute Gasteiger partial charge is 0.244 e. The molecule has 3 aliphatic rings. The highest BCUT2D eigenvalue weighted by Gasteiger charge is 2.42. The Bertz CT molecular complexity index is 384. The summed E-state index contributed by atoms with van der Waals surface area (Å²) in [6.45, 7) is 2.28. The Balaban J connectivity index is 1.38. The standard InChI is InChI=1S/C23H39F3/c1-2-3-4-5-16-6-8-17(9-7-16)18-10-12-19(13-11-18)20-14-21(24)23(26)22(25)15-20/h16-23H,2-15H2,1H3. The molecule has 3 fully saturated rings. The first-order chi connectivity index (χ1) is 12.6. The second-order valence-corrected chi connectivity index (χ2v) is 9.66. The molecule has 0 spiro atoms. The third kappa shape index (κ3) is 5.19. The normalized spacial score (nSPS) is 44.8. The van der Waals surface area contributed by atoms with Crippen molar-refractivity contribution in [3.05, 3.63) is 0 Å². The number of hydrogen-bond acceptors (Lipinski definition) is 0. The van der Waals surface area contributed by atoms with E-state index in [4.69, 9.17) is 0 Å². The Morgan fingerprint density at radius 1 is 0.615 bits per heavy atom. The Hall–Kier alpha value is -0.210. The van der Waals surface area contributed by atoms with Crippen molar-refractivity contribution in [3.8, 4) is 0 Å². The van der Waals surface area contributed by atoms with Crippen molar-refractivity contribution in [3.63, 3.8) is 0 Å². The first-order valence-electron chi connectivity index (χ1n) is 11.5. The third-order valence-electron chi connectivity index (χ3n) is 8.00. The summed E-state index contributed by atoms with van der Waals surface area (Å²) in [5.41, 5.74) is 0. The van der Waals surface area contributed by atoms with Crippen LogP contribution in [0.5, 0.6) is 0 Å². The van der Waals surface area contributed by atoms with Crippen LogP contribution in [0.2, 0.25) is 0 Å². The van der Waals surface area contributed by atoms with Gasteiger partial charge < -0.3 is 0 Å². The Kier molecular flexibility index (Phi) is 7.75. The number of alkyl halides is 3. The highest BCUT2D eigenvalue weighted by molar-refractivity contribution is 4.91. The second kappa shape index (κ2) is 9.82. The molecule has 0 aliphatic heterocycles. The SMILES string of the molecule is CCCCCC1CCC(C2CCC(C3CC(F)C(F)C(F)C3)CC2)CC1. The lowest BCUT2D eigenvalue weighted by atomic mass is 9.65. The van der Waals surface area contributed by atoms with Crippen LogP contribution in [-0.2, 0) is 0 Å². The van der Waals surface area contributed by atoms with Crippen molar-refractivity contribution in [1.82, 2.24) is 0 Å². The maximum atomic E-state index is 13.7. The summed E-state index contributed by atoms with van der Waals surface area (Å²) < 4.78 is 40.9. The van der Waals surface area contributed by atoms with Crippen LogP contribution in [0.4, 0.5) is 13.2 Å². The zero-order valence-electron chi connectivity index (χ0n) is 16.7. The lowest BCUT2D eigenvalue weighted by molar-refractivity contribution is -0.00708. The van der Waals surface area contributed by atoms with E-state index in [9.17, 15) is 13.2 Å². The molecule has 152 valence electrons. The van der Waals surface area contributed by atoms with Crippen LogP contribution in [0, 0.1) is 29.6 Å². The highest BCUT2D eigenvalue weighted by Crippen LogP contribution is 2.46. The van der Waals surface area contributed by atoms with Crippen molar-refractivity contribution in [2.45, 2.75) is 115 Å². The molecule has 3 heteroatoms. The van der Waals surface area contributed by atoms with Crippen molar-refractivity contribution in [2.24, 2.45) is 29.6 Å². The molecule has 0 heterocycles. The van der Waals surface area contributed by atoms with Gasteiger partial charge in [-0.1, -0.05) is 45.4 Å². The van der Waals surface area contributed by atoms with Crippen molar-refractivity contribution >= 4 is 0 Å². The molecular weight excluding hydrogens is 333 g/mol. The molecule has 2 unspecified atom stereocenters. The number of halogens is 3. The highest BCUT2D eigenvalue weighted by atomic mass is 19.2. The molecule has 0 amide bonds. The van der Waals surface area contributed by atoms with Crippen LogP contribution < -0.4 is 0 Å². The van der Waals surface area contributed by atoms with E-state index in [1.54, 1.807) is 0 Å². The van der Waals surface area contributed by atoms with E-state index in [-0.39, 0.29) is 18.8 Å². The van der Waals surface area contributed by atoms with Gasteiger partial charge in [-0.3, -0.25) is 0 Å². The van der Waals surface area contributed by atoms with E-state index in [1.807, 2.05) is 0 Å². The molecule has 0 N–H and O–H groups in total. The first-order valence-corrected chi connectivity index (χ1v) is 11.5. The zero-order valence-corrected chi connectivity index (χ0v) is 16.7. The van der Waals surface area contributed by atoms with E-state index in [2.05, 4.69) is 6.92 Å². The van der Waals surface area contributed by atoms with Gasteiger partial charge in [-0.25, -0.2) is 13.2 Å². The summed E-state index contributed by atoms with van der Waals surface area (Å²) in [4.78, 5) is 0. The molecule has 3 saturated carbocycles. The van der Waals surface area contributed by atoms with Gasteiger partial charge in [-0.05, 0) is 81.0 Å². The van der Waals surface area contributed by atoms with Crippen LogP contribution >= 0.6 is 0 Å². The molecule has 0 aromatic carbocycles. The minimum Gasteiger partial charge on any atom is -0.244 e. The van der Waals surface area contributed by atoms with Crippen LogP contribution in [0.1, 0.15) is 96.8 Å². The summed E-state index contributed by atoms with van der Waals surface area (Å²) >= 11 is 0. The maximum Gasteiger partial charge on any atom is 0.162 e. The van der Waals surface area contributed by atoms with E-state index >= 15 is 0 Å². The minimum atomic E-state index is -1.88. The average molecular weight is 373 g/mol. The molecule has 0 radical (unpaired) electrons. The summed E-state index contributed by atoms with van der Waals surface area (Å²) in [5.74, 6) is 3.20. The molecule has 2 atom stereocenters. The van der Waals surface area contributed by atoms with Crippen molar-refractivity contribution < 1.29 is 13.2 Å². The summed E-state index contributed by atoms with van der Waals surface area (Å²) in [7, 11) is 0. The fraction of sp³-hybridized carbons (Fsp3) is 1.00. The van der Waals surface area contributed by atoms with Gasteiger partial charge in [-0.2, -0.15) is 0 Å². The van der Waals surface area contributed by atoms with Gasteiger partial charge in [-0.15, -0.1) is 0 Å². The lowest BCUT2D eigenvalue weighted by Gasteiger charge is -2.42. The first kappa shape index (κ1) is 20.5. The van der Waals surface area contributed by atoms with E-state index in [0.29, 0.717) is 5.92 Å². The van der Waals surface area contributed by atoms with Gasteiger partial charge in [0.05, 0.1) is 0 Å². The topological polar surface area (TPSA) is 0 Å². The lowest BCUT2D eigenvalue weighted by Crippen LogP contribution is -2.40. The Morgan fingerprint density at radius 2 is 1.08 bits per heavy atom. The van der Waals surface area contributed by atoms with E-state index in [0.717, 1.165) is 30.6 Å². The molecule has 0 bridgehead atoms. The number of unbranched alkanes of at least 4 members (excludes halogenated alkanes) is 2. The Labute approximate surface area is 158 Å². The van der Waals surface area contributed by atoms with Gasteiger partial charge in [0.25, 0.3) is 0 Å². The summed E-state index contributed by atoms with van der Waals surface area (Å²) in [6.07, 6.45) is 11.3. The average Bonchev–Trinajstić information content (AvgIpc) is 2.67. The minimum absolute atomic E-state index is 0.0715. The van der Waals surface area contributed by atoms with E-state index in [1.165, 1.54) is 64.2 Å². The number of rotatable bonds is 6. The summed E-state index contributed by atoms with van der Waals surface area (Å²) in [5, 5.41) is 0. The smallest absolute Gasteiger partial charge is 0.162 e. The van der Waals surface area contributed by atoms with E-state index < -0.39 is 18.5 Å². The maximum absolute atomic E-state index is 13.7. The van der Waals surface area contributed by atoms with Crippen LogP contribution in [-0.4, -0.2) is 18.5 Å². The summed E-state index contributed by atoms with van der Waals surface area (Å²) in [6, 6.07) is 0. The second-order valence-electron chi connectivity index (χ2n) is 9.66. The molecule has 0 aromatic rings. The van der Waals surface area contributed by atoms with Crippen molar-refractivity contribution in [1.29, 1.82) is 0 Å². The van der Waals surface area contributed by atoms with Gasteiger partial charge in [0.1, 0.15) is 12.3 Å². The van der Waals surface area contributed by atoms with Crippen LogP contribution in [0.25, 0.3) is 0 Å². The van der Waals surface area contributed by atoms with Gasteiger partial charge in [0.2, 0.25) is 0 Å². The molecule has 26 heavy (non-hydrogen) atoms. The fourth-order valence-electron chi connectivity index (χ4n) is 6.27. The molecule has 0 nitrogen and oxygen atoms in total. The van der Waals surface area contributed by atoms with Crippen LogP contribution in [0.3, 0.4) is 0 Å². The molecule has 3 aliphatic carbocycles. The molecular formula is C23H39F3. The quantitative estimate of drug-likeness (QED) is 0.421. The third-order valence-corrected chi connectivity index (χ3v) is 8.00. The van der Waals surface area contributed by atoms with Gasteiger partial charge in [0, 0.05) is 0 Å². The zero-order chi connectivity index (χ0) is 18.5. The predicted molar refractivity (Wildman–Crippen MR) is 102 cm³/mol. The van der Waals surface area contributed by atoms with Gasteiger partial charge in [0.15, 0.2) is 6.17 Å². The van der Waals surface area contributed by atoms with Gasteiger partial charge >= 0.3 is 0 Å². The molecule has 3 rings (SSSR count). The Morgan fingerprint density at radius 3 is 1.58 bits per heavy atom. The molecule has 0 saturated heterocycles. The number of hydrogen-bond donors (Lipinski definition) is 0.